The van der Waals surface area contributed by atoms with Crippen LogP contribution in [0.3, 0.4) is 0 Å². The minimum absolute atomic E-state index is 0.0154. The molecule has 7 heteroatoms. The Labute approximate surface area is 187 Å². The third-order valence-corrected chi connectivity index (χ3v) is 6.92. The van der Waals surface area contributed by atoms with Gasteiger partial charge in [0.25, 0.3) is 5.91 Å². The second-order valence-electron chi connectivity index (χ2n) is 7.86. The highest BCUT2D eigenvalue weighted by molar-refractivity contribution is 8.00. The Balaban J connectivity index is 1.29. The van der Waals surface area contributed by atoms with Gasteiger partial charge in [0.15, 0.2) is 0 Å². The lowest BCUT2D eigenvalue weighted by Gasteiger charge is -2.26. The predicted octanol–water partition coefficient (Wildman–Crippen LogP) is 2.91. The van der Waals surface area contributed by atoms with E-state index < -0.39 is 0 Å². The lowest BCUT2D eigenvalue weighted by atomic mass is 10.1. The number of ether oxygens (including phenoxy) is 1. The molecule has 2 fully saturated rings. The van der Waals surface area contributed by atoms with Gasteiger partial charge in [-0.3, -0.25) is 14.5 Å². The van der Waals surface area contributed by atoms with E-state index in [1.54, 1.807) is 11.8 Å². The van der Waals surface area contributed by atoms with Gasteiger partial charge in [-0.15, -0.1) is 11.8 Å². The molecule has 0 spiro atoms. The van der Waals surface area contributed by atoms with Gasteiger partial charge in [-0.05, 0) is 36.2 Å². The first-order chi connectivity index (χ1) is 15.2. The SMILES string of the molecule is O=C(NCCCN1CCOCC1)c1ccc([C@H]2SCC(=O)N2Cc2ccccc2)cc1. The molecule has 6 nitrogen and oxygen atoms in total. The fraction of sp³-hybridized carbons (Fsp3) is 0.417. The number of nitrogens with one attached hydrogen (secondary N) is 1. The van der Waals surface area contributed by atoms with Gasteiger partial charge in [-0.2, -0.15) is 0 Å². The van der Waals surface area contributed by atoms with Crippen LogP contribution in [0.25, 0.3) is 0 Å². The van der Waals surface area contributed by atoms with E-state index in [-0.39, 0.29) is 17.2 Å². The van der Waals surface area contributed by atoms with Crippen LogP contribution in [0.15, 0.2) is 54.6 Å². The van der Waals surface area contributed by atoms with Crippen molar-refractivity contribution in [1.29, 1.82) is 0 Å². The van der Waals surface area contributed by atoms with Gasteiger partial charge < -0.3 is 15.0 Å². The average Bonchev–Trinajstić information content (AvgIpc) is 3.18. The molecule has 4 rings (SSSR count). The van der Waals surface area contributed by atoms with Gasteiger partial charge >= 0.3 is 0 Å². The first-order valence-corrected chi connectivity index (χ1v) is 11.9. The second-order valence-corrected chi connectivity index (χ2v) is 8.92. The molecule has 2 saturated heterocycles. The Kier molecular flexibility index (Phi) is 7.61. The molecule has 2 aliphatic rings. The second kappa shape index (κ2) is 10.8. The molecular weight excluding hydrogens is 410 g/mol. The summed E-state index contributed by atoms with van der Waals surface area (Å²) in [6.07, 6.45) is 0.930. The summed E-state index contributed by atoms with van der Waals surface area (Å²) < 4.78 is 5.36. The molecule has 2 aromatic carbocycles. The zero-order chi connectivity index (χ0) is 21.5. The van der Waals surface area contributed by atoms with E-state index in [0.717, 1.165) is 50.4 Å². The molecule has 1 atom stereocenters. The van der Waals surface area contributed by atoms with Gasteiger partial charge in [0.05, 0.1) is 19.0 Å². The number of morpholine rings is 1. The molecule has 0 radical (unpaired) electrons. The Morgan fingerprint density at radius 3 is 2.55 bits per heavy atom. The van der Waals surface area contributed by atoms with Crippen molar-refractivity contribution in [3.8, 4) is 0 Å². The summed E-state index contributed by atoms with van der Waals surface area (Å²) in [5.41, 5.74) is 2.83. The van der Waals surface area contributed by atoms with Crippen molar-refractivity contribution in [3.63, 3.8) is 0 Å². The van der Waals surface area contributed by atoms with Gasteiger partial charge in [0.2, 0.25) is 5.91 Å². The summed E-state index contributed by atoms with van der Waals surface area (Å²) in [6, 6.07) is 17.7. The monoisotopic (exact) mass is 439 g/mol. The molecule has 1 N–H and O–H groups in total. The predicted molar refractivity (Wildman–Crippen MR) is 123 cm³/mol. The minimum Gasteiger partial charge on any atom is -0.379 e. The Bertz CT molecular complexity index is 869. The number of carbonyl (C=O) groups is 2. The lowest BCUT2D eigenvalue weighted by molar-refractivity contribution is -0.128. The molecular formula is C24H29N3O3S. The molecule has 2 aliphatic heterocycles. The highest BCUT2D eigenvalue weighted by Gasteiger charge is 2.32. The van der Waals surface area contributed by atoms with E-state index >= 15 is 0 Å². The molecule has 0 bridgehead atoms. The topological polar surface area (TPSA) is 61.9 Å². The molecule has 0 aliphatic carbocycles. The number of amides is 2. The maximum Gasteiger partial charge on any atom is 0.251 e. The Morgan fingerprint density at radius 1 is 1.06 bits per heavy atom. The van der Waals surface area contributed by atoms with E-state index in [0.29, 0.717) is 24.4 Å². The van der Waals surface area contributed by atoms with Crippen molar-refractivity contribution in [2.75, 3.05) is 45.1 Å². The highest BCUT2D eigenvalue weighted by Crippen LogP contribution is 2.39. The van der Waals surface area contributed by atoms with Crippen LogP contribution in [0, 0.1) is 0 Å². The van der Waals surface area contributed by atoms with Crippen molar-refractivity contribution in [2.24, 2.45) is 0 Å². The smallest absolute Gasteiger partial charge is 0.251 e. The quantitative estimate of drug-likeness (QED) is 0.641. The standard InChI is InChI=1S/C24H29N3O3S/c28-22-18-31-24(27(22)17-19-5-2-1-3-6-19)21-9-7-20(8-10-21)23(29)25-11-4-12-26-13-15-30-16-14-26/h1-3,5-10,24H,4,11-18H2,(H,25,29)/t24-/m1/s1. The van der Waals surface area contributed by atoms with Gasteiger partial charge in [-0.1, -0.05) is 42.5 Å². The molecule has 2 aromatic rings. The van der Waals surface area contributed by atoms with Gasteiger partial charge in [0, 0.05) is 31.7 Å². The minimum atomic E-state index is -0.0511. The molecule has 0 unspecified atom stereocenters. The Morgan fingerprint density at radius 2 is 1.81 bits per heavy atom. The number of benzene rings is 2. The van der Waals surface area contributed by atoms with Crippen LogP contribution < -0.4 is 5.32 Å². The van der Waals surface area contributed by atoms with Crippen LogP contribution >= 0.6 is 11.8 Å². The van der Waals surface area contributed by atoms with E-state index in [1.165, 1.54) is 0 Å². The van der Waals surface area contributed by atoms with Crippen LogP contribution in [0.2, 0.25) is 0 Å². The van der Waals surface area contributed by atoms with E-state index in [1.807, 2.05) is 59.5 Å². The van der Waals surface area contributed by atoms with Gasteiger partial charge in [0.1, 0.15) is 5.37 Å². The molecule has 164 valence electrons. The van der Waals surface area contributed by atoms with E-state index in [2.05, 4.69) is 10.2 Å². The normalized spacial score (nSPS) is 19.5. The largest absolute Gasteiger partial charge is 0.379 e. The number of nitrogens with zero attached hydrogens (tertiary/aromatic N) is 2. The van der Waals surface area contributed by atoms with Crippen LogP contribution in [0.5, 0.6) is 0 Å². The van der Waals surface area contributed by atoms with Crippen molar-refractivity contribution in [1.82, 2.24) is 15.1 Å². The number of carbonyl (C=O) groups excluding carboxylic acids is 2. The number of rotatable bonds is 8. The van der Waals surface area contributed by atoms with E-state index in [9.17, 15) is 9.59 Å². The fourth-order valence-electron chi connectivity index (χ4n) is 3.91. The third kappa shape index (κ3) is 5.87. The first-order valence-electron chi connectivity index (χ1n) is 10.8. The summed E-state index contributed by atoms with van der Waals surface area (Å²) in [6.45, 7) is 5.78. The number of hydrogen-bond acceptors (Lipinski definition) is 5. The zero-order valence-electron chi connectivity index (χ0n) is 17.7. The molecule has 2 amide bonds. The number of hydrogen-bond donors (Lipinski definition) is 1. The average molecular weight is 440 g/mol. The maximum atomic E-state index is 12.5. The summed E-state index contributed by atoms with van der Waals surface area (Å²) in [7, 11) is 0. The maximum absolute atomic E-state index is 12.5. The van der Waals surface area contributed by atoms with Gasteiger partial charge in [-0.25, -0.2) is 0 Å². The van der Waals surface area contributed by atoms with Crippen molar-refractivity contribution in [3.05, 3.63) is 71.3 Å². The highest BCUT2D eigenvalue weighted by atomic mass is 32.2. The molecule has 31 heavy (non-hydrogen) atoms. The third-order valence-electron chi connectivity index (χ3n) is 5.66. The lowest BCUT2D eigenvalue weighted by Crippen LogP contribution is -2.38. The number of thioether (sulfide) groups is 1. The van der Waals surface area contributed by atoms with Crippen LogP contribution in [-0.4, -0.2) is 66.8 Å². The first kappa shape index (κ1) is 21.9. The van der Waals surface area contributed by atoms with E-state index in [4.69, 9.17) is 4.74 Å². The summed E-state index contributed by atoms with van der Waals surface area (Å²) in [5, 5.41) is 2.99. The van der Waals surface area contributed by atoms with Crippen LogP contribution in [-0.2, 0) is 16.1 Å². The molecule has 0 saturated carbocycles. The van der Waals surface area contributed by atoms with Crippen LogP contribution in [0.4, 0.5) is 0 Å². The van der Waals surface area contributed by atoms with Crippen molar-refractivity contribution in [2.45, 2.75) is 18.3 Å². The summed E-state index contributed by atoms with van der Waals surface area (Å²) in [4.78, 5) is 29.2. The molecule has 0 aromatic heterocycles. The molecule has 2 heterocycles. The van der Waals surface area contributed by atoms with Crippen molar-refractivity contribution >= 4 is 23.6 Å². The fourth-order valence-corrected chi connectivity index (χ4v) is 5.10. The van der Waals surface area contributed by atoms with Crippen molar-refractivity contribution < 1.29 is 14.3 Å². The summed E-state index contributed by atoms with van der Waals surface area (Å²) >= 11 is 1.64. The summed E-state index contributed by atoms with van der Waals surface area (Å²) in [5.74, 6) is 0.592. The zero-order valence-corrected chi connectivity index (χ0v) is 18.5. The van der Waals surface area contributed by atoms with Crippen LogP contribution in [0.1, 0.15) is 33.3 Å². The Hall–Kier alpha value is -2.35.